The predicted octanol–water partition coefficient (Wildman–Crippen LogP) is -1.04. The zero-order valence-electron chi connectivity index (χ0n) is 2.83. The third-order valence-electron chi connectivity index (χ3n) is 0.250. The quantitative estimate of drug-likeness (QED) is 0.359. The highest BCUT2D eigenvalue weighted by molar-refractivity contribution is 6.89. The lowest BCUT2D eigenvalue weighted by Gasteiger charge is -1.65. The Morgan fingerprint density at radius 3 is 2.25 bits per heavy atom. The molecule has 0 unspecified atom stereocenters. The molecule has 0 aromatic carbocycles. The number of hydrogen-bond donors (Lipinski definition) is 0. The van der Waals surface area contributed by atoms with Crippen LogP contribution in [0.3, 0.4) is 0 Å². The molecule has 0 saturated carbocycles. The van der Waals surface area contributed by atoms with Gasteiger partial charge in [0.15, 0.2) is 0 Å². The first kappa shape index (κ1) is 4.43. The smallest absolute Gasteiger partial charge is 0.00465 e. The van der Waals surface area contributed by atoms with Crippen LogP contribution in [0.5, 0.6) is 0 Å². The van der Waals surface area contributed by atoms with Crippen LogP contribution >= 0.6 is 0 Å². The van der Waals surface area contributed by atoms with E-state index in [0.29, 0.717) is 9.04 Å². The van der Waals surface area contributed by atoms with E-state index >= 15 is 0 Å². The van der Waals surface area contributed by atoms with Gasteiger partial charge in [0.1, 0.15) is 0 Å². The van der Waals surface area contributed by atoms with E-state index in [2.05, 4.69) is 16.7 Å². The summed E-state index contributed by atoms with van der Waals surface area (Å²) in [7, 11) is 2.44. The fourth-order valence-electron chi connectivity index (χ4n) is 0. The fourth-order valence-corrected chi connectivity index (χ4v) is 0. The molecule has 0 aliphatic rings. The summed E-state index contributed by atoms with van der Waals surface area (Å²) in [5.41, 5.74) is 0. The Labute approximate surface area is 32.6 Å². The Morgan fingerprint density at radius 2 is 2.25 bits per heavy atom. The molecule has 0 aromatic heterocycles. The van der Waals surface area contributed by atoms with Crippen molar-refractivity contribution in [1.82, 2.24) is 0 Å². The molecule has 0 atom stereocenters. The first-order chi connectivity index (χ1) is 1.91. The van der Waals surface area contributed by atoms with Gasteiger partial charge in [-0.2, -0.15) is 0 Å². The van der Waals surface area contributed by atoms with Gasteiger partial charge in [0.25, 0.3) is 0 Å². The van der Waals surface area contributed by atoms with E-state index in [1.54, 1.807) is 0 Å². The second kappa shape index (κ2) is 3.43. The van der Waals surface area contributed by atoms with Gasteiger partial charge in [-0.05, 0) is 9.76 Å². The molecule has 2 heteroatoms. The summed E-state index contributed by atoms with van der Waals surface area (Å²) in [6.07, 6.45) is 0. The fraction of sp³-hybridized carbons (Fsp3) is 0.500. The molecule has 0 rings (SSSR count). The first-order valence-electron chi connectivity index (χ1n) is 1.50. The van der Waals surface area contributed by atoms with Gasteiger partial charge in [-0.1, -0.05) is 13.0 Å². The Morgan fingerprint density at radius 1 is 2.00 bits per heavy atom. The van der Waals surface area contributed by atoms with Crippen molar-refractivity contribution in [2.75, 3.05) is 0 Å². The van der Waals surface area contributed by atoms with Crippen molar-refractivity contribution in [3.8, 4) is 0 Å². The highest BCUT2D eigenvalue weighted by Gasteiger charge is 1.59. The van der Waals surface area contributed by atoms with Gasteiger partial charge in [0, 0.05) is 9.04 Å². The first-order valence-corrected chi connectivity index (χ1v) is 6.50. The normalized spacial score (nSPS) is 10.5. The highest BCUT2D eigenvalue weighted by atomic mass is 29.1. The van der Waals surface area contributed by atoms with Gasteiger partial charge in [0.05, 0.1) is 0 Å². The maximum Gasteiger partial charge on any atom is 0.00465 e. The molecule has 0 aliphatic carbocycles. The van der Waals surface area contributed by atoms with Crippen molar-refractivity contribution < 1.29 is 0 Å². The third kappa shape index (κ3) is 2.43. The van der Waals surface area contributed by atoms with E-state index in [1.165, 1.54) is 6.04 Å². The lowest BCUT2D eigenvalue weighted by atomic mass is 11.0. The minimum atomic E-state index is 0.341. The summed E-state index contributed by atoms with van der Waals surface area (Å²) in [6.45, 7) is 3.67. The van der Waals surface area contributed by atoms with Crippen molar-refractivity contribution in [2.24, 2.45) is 0 Å². The standard InChI is InChI=1S/C2H8Si2/c1-2-4-3/h1-4H2. The van der Waals surface area contributed by atoms with Crippen molar-refractivity contribution in [1.29, 1.82) is 0 Å². The highest BCUT2D eigenvalue weighted by Crippen LogP contribution is 1.58. The molecule has 2 radical (unpaired) electrons. The van der Waals surface area contributed by atoms with Crippen LogP contribution in [0.1, 0.15) is 0 Å². The molecule has 0 saturated heterocycles. The maximum atomic E-state index is 3.67. The van der Waals surface area contributed by atoms with Crippen molar-refractivity contribution in [2.45, 2.75) is 6.04 Å². The molecule has 0 aliphatic heterocycles. The summed E-state index contributed by atoms with van der Waals surface area (Å²) < 4.78 is 0. The van der Waals surface area contributed by atoms with Gasteiger partial charge < -0.3 is 0 Å². The van der Waals surface area contributed by atoms with Crippen LogP contribution in [0.25, 0.3) is 0 Å². The molecular formula is C2H8Si2. The molecule has 0 spiro atoms. The minimum Gasteiger partial charge on any atom is -0.0655 e. The Hall–Kier alpha value is 0.434. The van der Waals surface area contributed by atoms with E-state index < -0.39 is 0 Å². The zero-order valence-corrected chi connectivity index (χ0v) is 5.66. The topological polar surface area (TPSA) is 0 Å². The average molecular weight is 88.3 g/mol. The van der Waals surface area contributed by atoms with Gasteiger partial charge in [0.2, 0.25) is 0 Å². The van der Waals surface area contributed by atoms with Crippen molar-refractivity contribution in [3.63, 3.8) is 0 Å². The molecule has 0 aromatic rings. The summed E-state index contributed by atoms with van der Waals surface area (Å²) in [4.78, 5) is 0. The molecule has 0 N–H and O–H groups in total. The lowest BCUT2D eigenvalue weighted by molar-refractivity contribution is 1.75. The van der Waals surface area contributed by atoms with Crippen LogP contribution < -0.4 is 0 Å². The van der Waals surface area contributed by atoms with Gasteiger partial charge in [-0.15, -0.1) is 0 Å². The second-order valence-electron chi connectivity index (χ2n) is 0.707. The Bertz CT molecular complexity index is 6.00. The Kier molecular flexibility index (Phi) is 3.81. The van der Waals surface area contributed by atoms with Crippen LogP contribution in [-0.2, 0) is 0 Å². The summed E-state index contributed by atoms with van der Waals surface area (Å²) in [5.74, 6) is 0. The monoisotopic (exact) mass is 88.0 g/mol. The molecule has 0 bridgehead atoms. The molecular weight excluding hydrogens is 80.2 g/mol. The molecule has 0 heterocycles. The van der Waals surface area contributed by atoms with Gasteiger partial charge in [-0.3, -0.25) is 0 Å². The third-order valence-corrected chi connectivity index (χ3v) is 2.25. The summed E-state index contributed by atoms with van der Waals surface area (Å²) >= 11 is 0. The zero-order chi connectivity index (χ0) is 3.41. The van der Waals surface area contributed by atoms with Crippen LogP contribution in [0.2, 0.25) is 6.04 Å². The van der Waals surface area contributed by atoms with E-state index in [9.17, 15) is 0 Å². The molecule has 0 amide bonds. The van der Waals surface area contributed by atoms with E-state index in [4.69, 9.17) is 0 Å². The van der Waals surface area contributed by atoms with Crippen LogP contribution in [-0.4, -0.2) is 18.8 Å². The number of rotatable bonds is 1. The lowest BCUT2D eigenvalue weighted by Crippen LogP contribution is -1.78. The summed E-state index contributed by atoms with van der Waals surface area (Å²) in [5, 5.41) is 0. The average Bonchev–Trinajstić information content (AvgIpc) is 1.37. The van der Waals surface area contributed by atoms with Crippen molar-refractivity contribution >= 4 is 18.8 Å². The van der Waals surface area contributed by atoms with E-state index in [1.807, 2.05) is 0 Å². The van der Waals surface area contributed by atoms with Crippen LogP contribution in [0.15, 0.2) is 0 Å². The van der Waals surface area contributed by atoms with Gasteiger partial charge >= 0.3 is 0 Å². The second-order valence-corrected chi connectivity index (χ2v) is 4.24. The van der Waals surface area contributed by atoms with Crippen LogP contribution in [0, 0.1) is 6.92 Å². The largest absolute Gasteiger partial charge is 0.0655 e. The minimum absolute atomic E-state index is 0.341. The van der Waals surface area contributed by atoms with E-state index in [0.717, 1.165) is 0 Å². The van der Waals surface area contributed by atoms with Crippen molar-refractivity contribution in [3.05, 3.63) is 6.92 Å². The SMILES string of the molecule is [CH2]C[SiH2][SiH2]. The maximum absolute atomic E-state index is 3.67. The molecule has 24 valence electrons. The predicted molar refractivity (Wildman–Crippen MR) is 27.3 cm³/mol. The molecule has 4 heavy (non-hydrogen) atoms. The van der Waals surface area contributed by atoms with Gasteiger partial charge in [-0.25, -0.2) is 0 Å². The van der Waals surface area contributed by atoms with E-state index in [-0.39, 0.29) is 0 Å². The molecule has 0 nitrogen and oxygen atoms in total. The molecule has 0 fully saturated rings. The number of hydrogen-bond acceptors (Lipinski definition) is 0. The Balaban J connectivity index is 1.97. The summed E-state index contributed by atoms with van der Waals surface area (Å²) in [6, 6.07) is 1.22. The van der Waals surface area contributed by atoms with Crippen LogP contribution in [0.4, 0.5) is 0 Å².